The van der Waals surface area contributed by atoms with E-state index in [2.05, 4.69) is 15.9 Å². The molecule has 5 heteroatoms. The number of β-amino-alcohol motifs (C(OH)–C–C–N with tert-alkyl or cyclic N) is 1. The highest BCUT2D eigenvalue weighted by Gasteiger charge is 2.33. The molecule has 2 unspecified atom stereocenters. The summed E-state index contributed by atoms with van der Waals surface area (Å²) >= 11 is 3.41. The lowest BCUT2D eigenvalue weighted by Gasteiger charge is -2.25. The highest BCUT2D eigenvalue weighted by atomic mass is 79.9. The summed E-state index contributed by atoms with van der Waals surface area (Å²) in [5.41, 5.74) is 0.974. The van der Waals surface area contributed by atoms with Gasteiger partial charge >= 0.3 is 0 Å². The standard InChI is InChI=1S/C16H21BrN2O2/c1-18(2)10-14-9-15(20)11-19(14)16(21)7-6-12-4-3-5-13(17)8-12/h3-8,14-15,20H,9-11H2,1-2H3. The van der Waals surface area contributed by atoms with Crippen LogP contribution in [0.4, 0.5) is 0 Å². The number of hydrogen-bond donors (Lipinski definition) is 1. The van der Waals surface area contributed by atoms with Gasteiger partial charge in [0.2, 0.25) is 5.91 Å². The van der Waals surface area contributed by atoms with Crippen LogP contribution in [0.25, 0.3) is 6.08 Å². The summed E-state index contributed by atoms with van der Waals surface area (Å²) in [7, 11) is 3.95. The fourth-order valence-electron chi connectivity index (χ4n) is 2.63. The van der Waals surface area contributed by atoms with E-state index in [1.807, 2.05) is 49.3 Å². The Labute approximate surface area is 134 Å². The van der Waals surface area contributed by atoms with Crippen molar-refractivity contribution in [1.82, 2.24) is 9.80 Å². The summed E-state index contributed by atoms with van der Waals surface area (Å²) in [6.07, 6.45) is 3.62. The van der Waals surface area contributed by atoms with Gasteiger partial charge in [-0.3, -0.25) is 4.79 Å². The van der Waals surface area contributed by atoms with Crippen molar-refractivity contribution in [2.24, 2.45) is 0 Å². The first-order chi connectivity index (χ1) is 9.95. The molecule has 114 valence electrons. The lowest BCUT2D eigenvalue weighted by atomic mass is 10.2. The number of carbonyl (C=O) groups is 1. The Bertz CT molecular complexity index is 531. The van der Waals surface area contributed by atoms with Gasteiger partial charge in [-0.1, -0.05) is 28.1 Å². The molecule has 1 heterocycles. The van der Waals surface area contributed by atoms with E-state index in [0.29, 0.717) is 13.0 Å². The Morgan fingerprint density at radius 1 is 1.52 bits per heavy atom. The first-order valence-electron chi connectivity index (χ1n) is 7.03. The van der Waals surface area contributed by atoms with Crippen molar-refractivity contribution in [3.63, 3.8) is 0 Å². The number of benzene rings is 1. The van der Waals surface area contributed by atoms with E-state index in [9.17, 15) is 9.90 Å². The zero-order chi connectivity index (χ0) is 15.4. The first kappa shape index (κ1) is 16.2. The minimum absolute atomic E-state index is 0.0432. The van der Waals surface area contributed by atoms with Crippen molar-refractivity contribution in [1.29, 1.82) is 0 Å². The maximum Gasteiger partial charge on any atom is 0.246 e. The van der Waals surface area contributed by atoms with E-state index in [0.717, 1.165) is 16.6 Å². The Morgan fingerprint density at radius 2 is 2.29 bits per heavy atom. The quantitative estimate of drug-likeness (QED) is 0.842. The Morgan fingerprint density at radius 3 is 2.95 bits per heavy atom. The summed E-state index contributed by atoms with van der Waals surface area (Å²) in [5, 5.41) is 9.81. The smallest absolute Gasteiger partial charge is 0.246 e. The minimum Gasteiger partial charge on any atom is -0.391 e. The van der Waals surface area contributed by atoms with Crippen LogP contribution in [-0.4, -0.2) is 60.1 Å². The summed E-state index contributed by atoms with van der Waals surface area (Å²) in [4.78, 5) is 16.1. The molecule has 1 amide bonds. The molecule has 1 fully saturated rings. The molecule has 0 bridgehead atoms. The largest absolute Gasteiger partial charge is 0.391 e. The van der Waals surface area contributed by atoms with Crippen LogP contribution < -0.4 is 0 Å². The van der Waals surface area contributed by atoms with E-state index in [1.54, 1.807) is 11.0 Å². The number of likely N-dealkylation sites (N-methyl/N-ethyl adjacent to an activating group) is 1. The monoisotopic (exact) mass is 352 g/mol. The van der Waals surface area contributed by atoms with Gasteiger partial charge in [0.25, 0.3) is 0 Å². The first-order valence-corrected chi connectivity index (χ1v) is 7.82. The molecule has 2 atom stereocenters. The van der Waals surface area contributed by atoms with E-state index < -0.39 is 6.10 Å². The normalized spacial score (nSPS) is 22.4. The maximum absolute atomic E-state index is 12.3. The summed E-state index contributed by atoms with van der Waals surface area (Å²) in [6, 6.07) is 7.87. The summed E-state index contributed by atoms with van der Waals surface area (Å²) in [5.74, 6) is -0.0432. The van der Waals surface area contributed by atoms with Crippen LogP contribution in [0.2, 0.25) is 0 Å². The second-order valence-electron chi connectivity index (χ2n) is 5.68. The van der Waals surface area contributed by atoms with Gasteiger partial charge in [0, 0.05) is 29.7 Å². The predicted octanol–water partition coefficient (Wildman–Crippen LogP) is 1.99. The topological polar surface area (TPSA) is 43.8 Å². The third-order valence-corrected chi connectivity index (χ3v) is 4.01. The molecule has 0 aromatic heterocycles. The van der Waals surface area contributed by atoms with Gasteiger partial charge in [0.05, 0.1) is 6.10 Å². The van der Waals surface area contributed by atoms with Gasteiger partial charge in [-0.15, -0.1) is 0 Å². The molecule has 1 aliphatic rings. The average Bonchev–Trinajstić information content (AvgIpc) is 2.76. The van der Waals surface area contributed by atoms with Gasteiger partial charge in [-0.25, -0.2) is 0 Å². The summed E-state index contributed by atoms with van der Waals surface area (Å²) in [6.45, 7) is 1.19. The summed E-state index contributed by atoms with van der Waals surface area (Å²) < 4.78 is 0.985. The van der Waals surface area contributed by atoms with Crippen LogP contribution in [0.15, 0.2) is 34.8 Å². The average molecular weight is 353 g/mol. The number of aliphatic hydroxyl groups is 1. The van der Waals surface area contributed by atoms with Gasteiger partial charge in [0.1, 0.15) is 0 Å². The molecule has 0 aliphatic carbocycles. The van der Waals surface area contributed by atoms with Gasteiger partial charge in [-0.05, 0) is 44.3 Å². The number of nitrogens with zero attached hydrogens (tertiary/aromatic N) is 2. The number of likely N-dealkylation sites (tertiary alicyclic amines) is 1. The van der Waals surface area contributed by atoms with E-state index in [4.69, 9.17) is 0 Å². The lowest BCUT2D eigenvalue weighted by molar-refractivity contribution is -0.127. The Kier molecular flexibility index (Phi) is 5.56. The Balaban J connectivity index is 2.04. The number of amides is 1. The van der Waals surface area contributed by atoms with E-state index in [-0.39, 0.29) is 11.9 Å². The molecule has 1 aromatic carbocycles. The van der Waals surface area contributed by atoms with Crippen molar-refractivity contribution >= 4 is 27.9 Å². The number of aliphatic hydroxyl groups excluding tert-OH is 1. The fourth-order valence-corrected chi connectivity index (χ4v) is 3.05. The highest BCUT2D eigenvalue weighted by Crippen LogP contribution is 2.19. The third kappa shape index (κ3) is 4.66. The van der Waals surface area contributed by atoms with Crippen LogP contribution in [-0.2, 0) is 4.79 Å². The van der Waals surface area contributed by atoms with Crippen LogP contribution >= 0.6 is 15.9 Å². The number of hydrogen-bond acceptors (Lipinski definition) is 3. The molecule has 1 aromatic rings. The molecule has 21 heavy (non-hydrogen) atoms. The van der Waals surface area contributed by atoms with E-state index >= 15 is 0 Å². The van der Waals surface area contributed by atoms with Crippen LogP contribution in [0.5, 0.6) is 0 Å². The van der Waals surface area contributed by atoms with Gasteiger partial charge in [-0.2, -0.15) is 0 Å². The fraction of sp³-hybridized carbons (Fsp3) is 0.438. The minimum atomic E-state index is -0.418. The van der Waals surface area contributed by atoms with Crippen molar-refractivity contribution < 1.29 is 9.90 Å². The van der Waals surface area contributed by atoms with E-state index in [1.165, 1.54) is 0 Å². The van der Waals surface area contributed by atoms with Gasteiger partial charge in [0.15, 0.2) is 0 Å². The SMILES string of the molecule is CN(C)CC1CC(O)CN1C(=O)C=Cc1cccc(Br)c1. The predicted molar refractivity (Wildman–Crippen MR) is 87.9 cm³/mol. The second-order valence-corrected chi connectivity index (χ2v) is 6.60. The van der Waals surface area contributed by atoms with Crippen molar-refractivity contribution in [2.75, 3.05) is 27.2 Å². The molecule has 0 radical (unpaired) electrons. The molecule has 1 N–H and O–H groups in total. The van der Waals surface area contributed by atoms with Gasteiger partial charge < -0.3 is 14.9 Å². The van der Waals surface area contributed by atoms with Crippen LogP contribution in [0, 0.1) is 0 Å². The molecule has 1 saturated heterocycles. The molecule has 2 rings (SSSR count). The molecule has 0 saturated carbocycles. The molecule has 1 aliphatic heterocycles. The number of carbonyl (C=O) groups excluding carboxylic acids is 1. The van der Waals surface area contributed by atoms with Crippen molar-refractivity contribution in [3.05, 3.63) is 40.4 Å². The molecular weight excluding hydrogens is 332 g/mol. The lowest BCUT2D eigenvalue weighted by Crippen LogP contribution is -2.40. The Hall–Kier alpha value is -1.17. The molecule has 0 spiro atoms. The zero-order valence-electron chi connectivity index (χ0n) is 12.4. The second kappa shape index (κ2) is 7.20. The molecular formula is C16H21BrN2O2. The van der Waals surface area contributed by atoms with Crippen molar-refractivity contribution in [3.8, 4) is 0 Å². The third-order valence-electron chi connectivity index (χ3n) is 3.52. The highest BCUT2D eigenvalue weighted by molar-refractivity contribution is 9.10. The molecule has 4 nitrogen and oxygen atoms in total. The zero-order valence-corrected chi connectivity index (χ0v) is 14.0. The van der Waals surface area contributed by atoms with Crippen molar-refractivity contribution in [2.45, 2.75) is 18.6 Å². The number of rotatable bonds is 4. The number of halogens is 1. The van der Waals surface area contributed by atoms with Crippen LogP contribution in [0.1, 0.15) is 12.0 Å². The van der Waals surface area contributed by atoms with Crippen LogP contribution in [0.3, 0.4) is 0 Å². The maximum atomic E-state index is 12.3.